The first-order chi connectivity index (χ1) is 7.19. The van der Waals surface area contributed by atoms with E-state index < -0.39 is 0 Å². The van der Waals surface area contributed by atoms with E-state index >= 15 is 0 Å². The smallest absolute Gasteiger partial charge is 0.0483 e. The fourth-order valence-electron chi connectivity index (χ4n) is 1.83. The Labute approximate surface area is 107 Å². The Morgan fingerprint density at radius 2 is 2.07 bits per heavy atom. The van der Waals surface area contributed by atoms with Crippen molar-refractivity contribution in [3.05, 3.63) is 32.7 Å². The lowest BCUT2D eigenvalue weighted by Crippen LogP contribution is -2.47. The normalized spacial score (nSPS) is 17.8. The maximum absolute atomic E-state index is 8.93. The number of aliphatic hydroxyl groups is 1. The molecule has 1 aromatic rings. The van der Waals surface area contributed by atoms with Crippen molar-refractivity contribution < 1.29 is 5.11 Å². The van der Waals surface area contributed by atoms with Crippen molar-refractivity contribution in [2.45, 2.75) is 6.54 Å². The van der Waals surface area contributed by atoms with Gasteiger partial charge in [-0.3, -0.25) is 4.90 Å². The summed E-state index contributed by atoms with van der Waals surface area (Å²) in [6.45, 7) is 3.29. The van der Waals surface area contributed by atoms with Crippen LogP contribution < -0.4 is 0 Å². The molecule has 0 amide bonds. The Kier molecular flexibility index (Phi) is 3.83. The number of rotatable bonds is 3. The van der Waals surface area contributed by atoms with Crippen LogP contribution in [0.5, 0.6) is 0 Å². The molecule has 1 N–H and O–H groups in total. The van der Waals surface area contributed by atoms with Gasteiger partial charge in [-0.2, -0.15) is 0 Å². The van der Waals surface area contributed by atoms with E-state index in [2.05, 4.69) is 48.9 Å². The van der Waals surface area contributed by atoms with Crippen LogP contribution in [0.15, 0.2) is 27.1 Å². The van der Waals surface area contributed by atoms with E-state index in [9.17, 15) is 0 Å². The van der Waals surface area contributed by atoms with Crippen LogP contribution >= 0.6 is 31.9 Å². The van der Waals surface area contributed by atoms with E-state index in [0.29, 0.717) is 12.5 Å². The van der Waals surface area contributed by atoms with Gasteiger partial charge in [-0.05, 0) is 23.8 Å². The zero-order chi connectivity index (χ0) is 10.8. The molecule has 1 aromatic carbocycles. The summed E-state index contributed by atoms with van der Waals surface area (Å²) in [4.78, 5) is 2.34. The van der Waals surface area contributed by atoms with E-state index in [0.717, 1.165) is 28.6 Å². The molecule has 1 saturated heterocycles. The van der Waals surface area contributed by atoms with Gasteiger partial charge >= 0.3 is 0 Å². The molecule has 1 fully saturated rings. The number of halogens is 2. The van der Waals surface area contributed by atoms with Crippen LogP contribution in [-0.4, -0.2) is 29.7 Å². The van der Waals surface area contributed by atoms with Gasteiger partial charge in [-0.1, -0.05) is 31.9 Å². The number of hydrogen-bond donors (Lipinski definition) is 1. The number of nitrogens with zero attached hydrogens (tertiary/aromatic N) is 1. The average molecular weight is 335 g/mol. The summed E-state index contributed by atoms with van der Waals surface area (Å²) in [5.41, 5.74) is 1.29. The molecular formula is C11H13Br2NO. The van der Waals surface area contributed by atoms with Crippen LogP contribution in [0.1, 0.15) is 5.56 Å². The van der Waals surface area contributed by atoms with E-state index in [1.54, 1.807) is 0 Å². The summed E-state index contributed by atoms with van der Waals surface area (Å²) in [5.74, 6) is 0.482. The molecule has 1 aliphatic heterocycles. The molecule has 15 heavy (non-hydrogen) atoms. The lowest BCUT2D eigenvalue weighted by atomic mass is 10.0. The van der Waals surface area contributed by atoms with Gasteiger partial charge in [-0.15, -0.1) is 0 Å². The lowest BCUT2D eigenvalue weighted by molar-refractivity contribution is 0.0477. The minimum Gasteiger partial charge on any atom is -0.396 e. The summed E-state index contributed by atoms with van der Waals surface area (Å²) in [6.07, 6.45) is 0. The first-order valence-corrected chi connectivity index (χ1v) is 6.55. The molecule has 0 saturated carbocycles. The third kappa shape index (κ3) is 2.81. The monoisotopic (exact) mass is 333 g/mol. The third-order valence-electron chi connectivity index (χ3n) is 2.69. The SMILES string of the molecule is OCC1CN(Cc2cc(Br)ccc2Br)C1. The molecule has 2 rings (SSSR count). The summed E-state index contributed by atoms with van der Waals surface area (Å²) in [5, 5.41) is 8.93. The average Bonchev–Trinajstić information content (AvgIpc) is 2.16. The topological polar surface area (TPSA) is 23.5 Å². The zero-order valence-corrected chi connectivity index (χ0v) is 11.5. The quantitative estimate of drug-likeness (QED) is 0.918. The first kappa shape index (κ1) is 11.6. The van der Waals surface area contributed by atoms with Crippen molar-refractivity contribution in [2.24, 2.45) is 5.92 Å². The molecule has 1 heterocycles. The van der Waals surface area contributed by atoms with Crippen LogP contribution in [0.25, 0.3) is 0 Å². The molecule has 0 radical (unpaired) electrons. The Bertz CT molecular complexity index is 350. The van der Waals surface area contributed by atoms with Crippen LogP contribution in [0.3, 0.4) is 0 Å². The molecule has 1 aliphatic rings. The van der Waals surface area contributed by atoms with Crippen molar-refractivity contribution in [1.82, 2.24) is 4.90 Å². The van der Waals surface area contributed by atoms with Crippen molar-refractivity contribution in [1.29, 1.82) is 0 Å². The first-order valence-electron chi connectivity index (χ1n) is 4.96. The minimum absolute atomic E-state index is 0.316. The number of likely N-dealkylation sites (tertiary alicyclic amines) is 1. The third-order valence-corrected chi connectivity index (χ3v) is 3.96. The molecule has 2 nitrogen and oxygen atoms in total. The van der Waals surface area contributed by atoms with Crippen molar-refractivity contribution in [3.63, 3.8) is 0 Å². The van der Waals surface area contributed by atoms with Crippen LogP contribution in [0.2, 0.25) is 0 Å². The fraction of sp³-hybridized carbons (Fsp3) is 0.455. The van der Waals surface area contributed by atoms with Gasteiger partial charge in [0, 0.05) is 41.1 Å². The van der Waals surface area contributed by atoms with Crippen LogP contribution in [0.4, 0.5) is 0 Å². The number of benzene rings is 1. The van der Waals surface area contributed by atoms with Gasteiger partial charge in [0.2, 0.25) is 0 Å². The Morgan fingerprint density at radius 3 is 2.73 bits per heavy atom. The standard InChI is InChI=1S/C11H13Br2NO/c12-10-1-2-11(13)9(3-10)6-14-4-8(5-14)7-15/h1-3,8,15H,4-7H2. The largest absolute Gasteiger partial charge is 0.396 e. The maximum atomic E-state index is 8.93. The highest BCUT2D eigenvalue weighted by molar-refractivity contribution is 9.11. The van der Waals surface area contributed by atoms with Gasteiger partial charge in [0.15, 0.2) is 0 Å². The summed E-state index contributed by atoms with van der Waals surface area (Å²) >= 11 is 7.02. The molecule has 4 heteroatoms. The van der Waals surface area contributed by atoms with Crippen molar-refractivity contribution in [3.8, 4) is 0 Å². The molecule has 0 atom stereocenters. The Hall–Kier alpha value is 0.1000. The van der Waals surface area contributed by atoms with E-state index in [-0.39, 0.29) is 0 Å². The fourth-order valence-corrected chi connectivity index (χ4v) is 2.61. The summed E-state index contributed by atoms with van der Waals surface area (Å²) in [6, 6.07) is 6.22. The van der Waals surface area contributed by atoms with Crippen molar-refractivity contribution in [2.75, 3.05) is 19.7 Å². The molecule has 0 spiro atoms. The van der Waals surface area contributed by atoms with Crippen LogP contribution in [0, 0.1) is 5.92 Å². The van der Waals surface area contributed by atoms with Gasteiger partial charge in [0.25, 0.3) is 0 Å². The Morgan fingerprint density at radius 1 is 1.33 bits per heavy atom. The molecule has 0 unspecified atom stereocenters. The molecule has 0 aromatic heterocycles. The minimum atomic E-state index is 0.316. The van der Waals surface area contributed by atoms with Crippen molar-refractivity contribution >= 4 is 31.9 Å². The van der Waals surface area contributed by atoms with Gasteiger partial charge in [0.05, 0.1) is 0 Å². The maximum Gasteiger partial charge on any atom is 0.0483 e. The Balaban J connectivity index is 1.97. The molecule has 82 valence electrons. The van der Waals surface area contributed by atoms with Crippen LogP contribution in [-0.2, 0) is 6.54 Å². The molecular weight excluding hydrogens is 322 g/mol. The van der Waals surface area contributed by atoms with E-state index in [1.807, 2.05) is 6.07 Å². The number of hydrogen-bond acceptors (Lipinski definition) is 2. The van der Waals surface area contributed by atoms with Gasteiger partial charge in [-0.25, -0.2) is 0 Å². The molecule has 0 aliphatic carbocycles. The highest BCUT2D eigenvalue weighted by Gasteiger charge is 2.25. The highest BCUT2D eigenvalue weighted by atomic mass is 79.9. The second-order valence-corrected chi connectivity index (χ2v) is 5.75. The number of aliphatic hydroxyl groups excluding tert-OH is 1. The summed E-state index contributed by atoms with van der Waals surface area (Å²) in [7, 11) is 0. The summed E-state index contributed by atoms with van der Waals surface area (Å²) < 4.78 is 2.26. The molecule has 0 bridgehead atoms. The predicted octanol–water partition coefficient (Wildman–Crippen LogP) is 2.64. The van der Waals surface area contributed by atoms with Gasteiger partial charge < -0.3 is 5.11 Å². The van der Waals surface area contributed by atoms with E-state index in [1.165, 1.54) is 5.56 Å². The predicted molar refractivity (Wildman–Crippen MR) is 67.7 cm³/mol. The second kappa shape index (κ2) is 4.95. The highest BCUT2D eigenvalue weighted by Crippen LogP contribution is 2.25. The second-order valence-electron chi connectivity index (χ2n) is 3.98. The van der Waals surface area contributed by atoms with E-state index in [4.69, 9.17) is 5.11 Å². The lowest BCUT2D eigenvalue weighted by Gasteiger charge is -2.38. The van der Waals surface area contributed by atoms with Gasteiger partial charge in [0.1, 0.15) is 0 Å². The zero-order valence-electron chi connectivity index (χ0n) is 8.29.